The summed E-state index contributed by atoms with van der Waals surface area (Å²) < 4.78 is 12.3. The number of rotatable bonds is 10. The molecule has 0 spiro atoms. The smallest absolute Gasteiger partial charge is 0.0700 e. The number of benzene rings is 1. The van der Waals surface area contributed by atoms with E-state index in [1.807, 2.05) is 29.1 Å². The van der Waals surface area contributed by atoms with Gasteiger partial charge >= 0.3 is 0 Å². The Kier molecular flexibility index (Phi) is 6.94. The Balaban J connectivity index is 1.64. The van der Waals surface area contributed by atoms with Crippen LogP contribution in [0.4, 0.5) is 0 Å². The van der Waals surface area contributed by atoms with Crippen molar-refractivity contribution in [3.63, 3.8) is 0 Å². The molecule has 0 unspecified atom stereocenters. The predicted molar refractivity (Wildman–Crippen MR) is 82.2 cm³/mol. The van der Waals surface area contributed by atoms with Crippen LogP contribution in [0.3, 0.4) is 0 Å². The van der Waals surface area contributed by atoms with E-state index in [2.05, 4.69) is 28.7 Å². The van der Waals surface area contributed by atoms with Gasteiger partial charge in [-0.1, -0.05) is 30.3 Å². The predicted octanol–water partition coefficient (Wildman–Crippen LogP) is 1.68. The SMILES string of the molecule is COCCOCCNCc1cnn(Cc2ccccc2)c1. The van der Waals surface area contributed by atoms with Gasteiger partial charge in [-0.05, 0) is 5.56 Å². The van der Waals surface area contributed by atoms with Crippen LogP contribution in [0, 0.1) is 0 Å². The van der Waals surface area contributed by atoms with Gasteiger partial charge in [0.1, 0.15) is 0 Å². The Morgan fingerprint density at radius 3 is 2.76 bits per heavy atom. The van der Waals surface area contributed by atoms with Crippen molar-refractivity contribution in [3.05, 3.63) is 53.9 Å². The molecule has 1 aromatic heterocycles. The summed E-state index contributed by atoms with van der Waals surface area (Å²) in [5.41, 5.74) is 2.44. The summed E-state index contributed by atoms with van der Waals surface area (Å²) in [6.45, 7) is 4.43. The third-order valence-corrected chi connectivity index (χ3v) is 3.06. The zero-order valence-electron chi connectivity index (χ0n) is 12.5. The monoisotopic (exact) mass is 289 g/mol. The second kappa shape index (κ2) is 9.28. The van der Waals surface area contributed by atoms with Crippen molar-refractivity contribution in [2.45, 2.75) is 13.1 Å². The van der Waals surface area contributed by atoms with E-state index in [4.69, 9.17) is 9.47 Å². The second-order valence-electron chi connectivity index (χ2n) is 4.81. The summed E-state index contributed by atoms with van der Waals surface area (Å²) >= 11 is 0. The van der Waals surface area contributed by atoms with E-state index in [0.29, 0.717) is 19.8 Å². The molecular weight excluding hydrogens is 266 g/mol. The van der Waals surface area contributed by atoms with Gasteiger partial charge in [0.25, 0.3) is 0 Å². The Bertz CT molecular complexity index is 499. The minimum atomic E-state index is 0.645. The van der Waals surface area contributed by atoms with E-state index in [-0.39, 0.29) is 0 Å². The molecule has 0 aliphatic carbocycles. The first kappa shape index (κ1) is 15.7. The lowest BCUT2D eigenvalue weighted by Gasteiger charge is -2.04. The molecule has 0 saturated heterocycles. The minimum Gasteiger partial charge on any atom is -0.382 e. The first-order valence-electron chi connectivity index (χ1n) is 7.21. The van der Waals surface area contributed by atoms with Gasteiger partial charge in [-0.25, -0.2) is 0 Å². The molecule has 0 aliphatic rings. The molecule has 5 heteroatoms. The van der Waals surface area contributed by atoms with Gasteiger partial charge in [-0.2, -0.15) is 5.10 Å². The zero-order chi connectivity index (χ0) is 14.8. The average Bonchev–Trinajstić information content (AvgIpc) is 2.95. The fourth-order valence-electron chi connectivity index (χ4n) is 1.98. The van der Waals surface area contributed by atoms with Crippen molar-refractivity contribution in [3.8, 4) is 0 Å². The Morgan fingerprint density at radius 1 is 1.10 bits per heavy atom. The van der Waals surface area contributed by atoms with Crippen molar-refractivity contribution in [1.82, 2.24) is 15.1 Å². The molecule has 1 heterocycles. The highest BCUT2D eigenvalue weighted by Gasteiger charge is 1.99. The van der Waals surface area contributed by atoms with Crippen LogP contribution in [-0.2, 0) is 22.6 Å². The first-order chi connectivity index (χ1) is 10.4. The van der Waals surface area contributed by atoms with E-state index >= 15 is 0 Å². The van der Waals surface area contributed by atoms with E-state index in [0.717, 1.165) is 19.6 Å². The summed E-state index contributed by atoms with van der Waals surface area (Å²) in [5, 5.41) is 7.72. The highest BCUT2D eigenvalue weighted by atomic mass is 16.5. The van der Waals surface area contributed by atoms with Crippen LogP contribution < -0.4 is 5.32 Å². The summed E-state index contributed by atoms with van der Waals surface area (Å²) in [5.74, 6) is 0. The van der Waals surface area contributed by atoms with Gasteiger partial charge < -0.3 is 14.8 Å². The maximum Gasteiger partial charge on any atom is 0.0700 e. The third kappa shape index (κ3) is 6.08. The maximum atomic E-state index is 5.39. The van der Waals surface area contributed by atoms with E-state index in [9.17, 15) is 0 Å². The molecule has 2 rings (SSSR count). The number of methoxy groups -OCH3 is 1. The van der Waals surface area contributed by atoms with Crippen molar-refractivity contribution in [2.75, 3.05) is 33.5 Å². The fourth-order valence-corrected chi connectivity index (χ4v) is 1.98. The third-order valence-electron chi connectivity index (χ3n) is 3.06. The standard InChI is InChI=1S/C16H23N3O2/c1-20-9-10-21-8-7-17-11-16-12-18-19(14-16)13-15-5-3-2-4-6-15/h2-6,12,14,17H,7-11,13H2,1H3. The van der Waals surface area contributed by atoms with Gasteiger partial charge in [0.2, 0.25) is 0 Å². The summed E-state index contributed by atoms with van der Waals surface area (Å²) in [6.07, 6.45) is 3.98. The molecule has 0 atom stereocenters. The van der Waals surface area contributed by atoms with E-state index in [1.165, 1.54) is 11.1 Å². The average molecular weight is 289 g/mol. The van der Waals surface area contributed by atoms with Gasteiger partial charge in [-0.15, -0.1) is 0 Å². The number of hydrogen-bond acceptors (Lipinski definition) is 4. The lowest BCUT2D eigenvalue weighted by Crippen LogP contribution is -2.20. The van der Waals surface area contributed by atoms with Crippen LogP contribution in [0.15, 0.2) is 42.7 Å². The maximum absolute atomic E-state index is 5.39. The van der Waals surface area contributed by atoms with Gasteiger partial charge in [0, 0.05) is 32.0 Å². The van der Waals surface area contributed by atoms with Crippen molar-refractivity contribution in [1.29, 1.82) is 0 Å². The molecule has 0 radical (unpaired) electrons. The van der Waals surface area contributed by atoms with Crippen LogP contribution in [0.2, 0.25) is 0 Å². The molecule has 114 valence electrons. The number of ether oxygens (including phenoxy) is 2. The summed E-state index contributed by atoms with van der Waals surface area (Å²) in [7, 11) is 1.68. The molecule has 1 aromatic carbocycles. The first-order valence-corrected chi connectivity index (χ1v) is 7.21. The number of hydrogen-bond donors (Lipinski definition) is 1. The van der Waals surface area contributed by atoms with Crippen LogP contribution in [0.5, 0.6) is 0 Å². The largest absolute Gasteiger partial charge is 0.382 e. The van der Waals surface area contributed by atoms with Gasteiger partial charge in [0.15, 0.2) is 0 Å². The van der Waals surface area contributed by atoms with Crippen LogP contribution in [0.1, 0.15) is 11.1 Å². The number of aromatic nitrogens is 2. The molecule has 1 N–H and O–H groups in total. The quantitative estimate of drug-likeness (QED) is 0.676. The molecule has 0 fully saturated rings. The molecular formula is C16H23N3O2. The molecule has 0 amide bonds. The number of nitrogens with zero attached hydrogens (tertiary/aromatic N) is 2. The molecule has 0 bridgehead atoms. The van der Waals surface area contributed by atoms with Gasteiger partial charge in [0.05, 0.1) is 32.6 Å². The fraction of sp³-hybridized carbons (Fsp3) is 0.438. The van der Waals surface area contributed by atoms with Crippen molar-refractivity contribution < 1.29 is 9.47 Å². The molecule has 0 aliphatic heterocycles. The van der Waals surface area contributed by atoms with Crippen molar-refractivity contribution >= 4 is 0 Å². The van der Waals surface area contributed by atoms with Crippen LogP contribution in [-0.4, -0.2) is 43.3 Å². The van der Waals surface area contributed by atoms with Gasteiger partial charge in [-0.3, -0.25) is 4.68 Å². The lowest BCUT2D eigenvalue weighted by atomic mass is 10.2. The molecule has 2 aromatic rings. The Morgan fingerprint density at radius 2 is 1.95 bits per heavy atom. The molecule has 21 heavy (non-hydrogen) atoms. The molecule has 5 nitrogen and oxygen atoms in total. The second-order valence-corrected chi connectivity index (χ2v) is 4.81. The Hall–Kier alpha value is -1.69. The van der Waals surface area contributed by atoms with Crippen molar-refractivity contribution in [2.24, 2.45) is 0 Å². The summed E-state index contributed by atoms with van der Waals surface area (Å²) in [6, 6.07) is 10.3. The van der Waals surface area contributed by atoms with E-state index in [1.54, 1.807) is 7.11 Å². The Labute approximate surface area is 125 Å². The highest BCUT2D eigenvalue weighted by Crippen LogP contribution is 2.03. The minimum absolute atomic E-state index is 0.645. The topological polar surface area (TPSA) is 48.3 Å². The molecule has 0 saturated carbocycles. The lowest BCUT2D eigenvalue weighted by molar-refractivity contribution is 0.0719. The highest BCUT2D eigenvalue weighted by molar-refractivity contribution is 5.15. The van der Waals surface area contributed by atoms with Crippen LogP contribution in [0.25, 0.3) is 0 Å². The van der Waals surface area contributed by atoms with E-state index < -0.39 is 0 Å². The number of nitrogens with one attached hydrogen (secondary N) is 1. The van der Waals surface area contributed by atoms with Crippen LogP contribution >= 0.6 is 0 Å². The zero-order valence-corrected chi connectivity index (χ0v) is 12.5. The normalized spacial score (nSPS) is 10.9. The summed E-state index contributed by atoms with van der Waals surface area (Å²) in [4.78, 5) is 0.